The van der Waals surface area contributed by atoms with Gasteiger partial charge >= 0.3 is 0 Å². The maximum Gasteiger partial charge on any atom is 0.134 e. The summed E-state index contributed by atoms with van der Waals surface area (Å²) in [4.78, 5) is 0. The Kier molecular flexibility index (Phi) is 5.75. The van der Waals surface area contributed by atoms with Gasteiger partial charge in [-0.25, -0.2) is 0 Å². The van der Waals surface area contributed by atoms with Gasteiger partial charge in [0.25, 0.3) is 0 Å². The van der Waals surface area contributed by atoms with Gasteiger partial charge < -0.3 is 9.47 Å². The van der Waals surface area contributed by atoms with E-state index in [4.69, 9.17) is 21.1 Å². The third-order valence-corrected chi connectivity index (χ3v) is 4.20. The van der Waals surface area contributed by atoms with E-state index in [1.807, 2.05) is 36.4 Å². The van der Waals surface area contributed by atoms with Crippen molar-refractivity contribution in [3.05, 3.63) is 56.5 Å². The van der Waals surface area contributed by atoms with E-state index in [2.05, 4.69) is 31.9 Å². The van der Waals surface area contributed by atoms with Gasteiger partial charge in [0.2, 0.25) is 0 Å². The highest BCUT2D eigenvalue weighted by Crippen LogP contribution is 2.29. The van der Waals surface area contributed by atoms with E-state index in [1.165, 1.54) is 0 Å². The van der Waals surface area contributed by atoms with Crippen molar-refractivity contribution in [2.75, 3.05) is 7.11 Å². The lowest BCUT2D eigenvalue weighted by Crippen LogP contribution is -1.99. The quantitative estimate of drug-likeness (QED) is 0.592. The van der Waals surface area contributed by atoms with E-state index in [9.17, 15) is 0 Å². The minimum Gasteiger partial charge on any atom is -0.496 e. The van der Waals surface area contributed by atoms with Crippen molar-refractivity contribution in [2.24, 2.45) is 0 Å². The molecule has 0 saturated carbocycles. The molecular formula is C15H13Br2ClO2. The zero-order valence-electron chi connectivity index (χ0n) is 10.8. The van der Waals surface area contributed by atoms with E-state index in [-0.39, 0.29) is 0 Å². The molecule has 2 aromatic carbocycles. The molecule has 0 N–H and O–H groups in total. The van der Waals surface area contributed by atoms with Gasteiger partial charge in [-0.1, -0.05) is 22.0 Å². The lowest BCUT2D eigenvalue weighted by atomic mass is 10.2. The van der Waals surface area contributed by atoms with E-state index in [0.717, 1.165) is 31.6 Å². The normalized spacial score (nSPS) is 10.4. The molecule has 2 rings (SSSR count). The molecule has 2 aromatic rings. The Bertz CT molecular complexity index is 602. The molecular weight excluding hydrogens is 407 g/mol. The molecule has 0 atom stereocenters. The van der Waals surface area contributed by atoms with Crippen LogP contribution in [0, 0.1) is 0 Å². The number of ether oxygens (including phenoxy) is 2. The monoisotopic (exact) mass is 418 g/mol. The Morgan fingerprint density at radius 3 is 2.45 bits per heavy atom. The van der Waals surface area contributed by atoms with Gasteiger partial charge in [0, 0.05) is 15.9 Å². The Balaban J connectivity index is 2.14. The molecule has 0 unspecified atom stereocenters. The van der Waals surface area contributed by atoms with E-state index < -0.39 is 0 Å². The molecule has 0 aliphatic rings. The number of methoxy groups -OCH3 is 1. The standard InChI is InChI=1S/C15H13Br2ClO2/c1-19-14-5-3-12(16)7-11(14)9-20-15-4-2-10(8-18)6-13(15)17/h2-7H,8-9H2,1H3. The summed E-state index contributed by atoms with van der Waals surface area (Å²) in [7, 11) is 1.65. The van der Waals surface area contributed by atoms with Crippen molar-refractivity contribution in [1.29, 1.82) is 0 Å². The van der Waals surface area contributed by atoms with Gasteiger partial charge in [0.05, 0.1) is 11.6 Å². The van der Waals surface area contributed by atoms with Crippen LogP contribution < -0.4 is 9.47 Å². The highest BCUT2D eigenvalue weighted by atomic mass is 79.9. The molecule has 0 saturated heterocycles. The van der Waals surface area contributed by atoms with Crippen LogP contribution in [0.25, 0.3) is 0 Å². The second kappa shape index (κ2) is 7.34. The lowest BCUT2D eigenvalue weighted by molar-refractivity contribution is 0.295. The maximum absolute atomic E-state index is 5.83. The lowest BCUT2D eigenvalue weighted by Gasteiger charge is -2.12. The fourth-order valence-corrected chi connectivity index (χ4v) is 2.88. The van der Waals surface area contributed by atoms with Crippen molar-refractivity contribution in [1.82, 2.24) is 0 Å². The number of rotatable bonds is 5. The minimum absolute atomic E-state index is 0.432. The number of alkyl halides is 1. The van der Waals surface area contributed by atoms with Crippen LogP contribution in [0.4, 0.5) is 0 Å². The number of halogens is 3. The smallest absolute Gasteiger partial charge is 0.134 e. The van der Waals surface area contributed by atoms with Crippen molar-refractivity contribution < 1.29 is 9.47 Å². The molecule has 106 valence electrons. The van der Waals surface area contributed by atoms with Gasteiger partial charge in [0.1, 0.15) is 18.1 Å². The molecule has 0 radical (unpaired) electrons. The highest BCUT2D eigenvalue weighted by Gasteiger charge is 2.07. The van der Waals surface area contributed by atoms with Crippen LogP contribution in [-0.2, 0) is 12.5 Å². The largest absolute Gasteiger partial charge is 0.496 e. The molecule has 0 amide bonds. The first-order valence-electron chi connectivity index (χ1n) is 5.93. The predicted octanol–water partition coefficient (Wildman–Crippen LogP) is 5.54. The summed E-state index contributed by atoms with van der Waals surface area (Å²) in [6, 6.07) is 11.7. The third kappa shape index (κ3) is 3.90. The molecule has 2 nitrogen and oxygen atoms in total. The van der Waals surface area contributed by atoms with Crippen LogP contribution in [0.5, 0.6) is 11.5 Å². The summed E-state index contributed by atoms with van der Waals surface area (Å²) in [6.07, 6.45) is 0. The van der Waals surface area contributed by atoms with Crippen molar-refractivity contribution in [3.63, 3.8) is 0 Å². The van der Waals surface area contributed by atoms with E-state index >= 15 is 0 Å². The fraction of sp³-hybridized carbons (Fsp3) is 0.200. The Morgan fingerprint density at radius 1 is 1.05 bits per heavy atom. The van der Waals surface area contributed by atoms with Gasteiger partial charge in [-0.15, -0.1) is 11.6 Å². The third-order valence-electron chi connectivity index (χ3n) is 2.78. The topological polar surface area (TPSA) is 18.5 Å². The Morgan fingerprint density at radius 2 is 1.80 bits per heavy atom. The molecule has 0 bridgehead atoms. The summed E-state index contributed by atoms with van der Waals surface area (Å²) in [5.41, 5.74) is 2.03. The first-order valence-corrected chi connectivity index (χ1v) is 8.05. The van der Waals surface area contributed by atoms with Crippen molar-refractivity contribution >= 4 is 43.5 Å². The van der Waals surface area contributed by atoms with Crippen LogP contribution >= 0.6 is 43.5 Å². The van der Waals surface area contributed by atoms with Crippen LogP contribution in [0.3, 0.4) is 0 Å². The second-order valence-electron chi connectivity index (χ2n) is 4.14. The molecule has 5 heteroatoms. The summed E-state index contributed by atoms with van der Waals surface area (Å²) < 4.78 is 13.0. The summed E-state index contributed by atoms with van der Waals surface area (Å²) in [5.74, 6) is 2.07. The summed E-state index contributed by atoms with van der Waals surface area (Å²) in [6.45, 7) is 0.432. The molecule has 0 fully saturated rings. The van der Waals surface area contributed by atoms with Gasteiger partial charge in [-0.2, -0.15) is 0 Å². The summed E-state index contributed by atoms with van der Waals surface area (Å²) >= 11 is 12.7. The van der Waals surface area contributed by atoms with E-state index in [1.54, 1.807) is 7.11 Å². The fourth-order valence-electron chi connectivity index (χ4n) is 1.76. The average Bonchev–Trinajstić information content (AvgIpc) is 2.46. The van der Waals surface area contributed by atoms with Gasteiger partial charge in [0.15, 0.2) is 0 Å². The Labute approximate surface area is 140 Å². The zero-order chi connectivity index (χ0) is 14.5. The Hall–Kier alpha value is -0.710. The average molecular weight is 421 g/mol. The van der Waals surface area contributed by atoms with Crippen LogP contribution in [0.1, 0.15) is 11.1 Å². The number of benzene rings is 2. The predicted molar refractivity (Wildman–Crippen MR) is 88.7 cm³/mol. The molecule has 0 aliphatic heterocycles. The van der Waals surface area contributed by atoms with Crippen molar-refractivity contribution in [3.8, 4) is 11.5 Å². The molecule has 0 heterocycles. The molecule has 20 heavy (non-hydrogen) atoms. The molecule has 0 spiro atoms. The van der Waals surface area contributed by atoms with Gasteiger partial charge in [-0.05, 0) is 51.8 Å². The minimum atomic E-state index is 0.432. The number of hydrogen-bond acceptors (Lipinski definition) is 2. The highest BCUT2D eigenvalue weighted by molar-refractivity contribution is 9.10. The summed E-state index contributed by atoms with van der Waals surface area (Å²) in [5, 5.41) is 0. The maximum atomic E-state index is 5.83. The van der Waals surface area contributed by atoms with Crippen LogP contribution in [-0.4, -0.2) is 7.11 Å². The molecule has 0 aliphatic carbocycles. The van der Waals surface area contributed by atoms with Crippen molar-refractivity contribution in [2.45, 2.75) is 12.5 Å². The SMILES string of the molecule is COc1ccc(Br)cc1COc1ccc(CCl)cc1Br. The van der Waals surface area contributed by atoms with Crippen LogP contribution in [0.15, 0.2) is 45.3 Å². The second-order valence-corrected chi connectivity index (χ2v) is 6.18. The number of hydrogen-bond donors (Lipinski definition) is 0. The first kappa shape index (κ1) is 15.7. The molecule has 0 aromatic heterocycles. The first-order chi connectivity index (χ1) is 9.63. The van der Waals surface area contributed by atoms with E-state index in [0.29, 0.717) is 12.5 Å². The van der Waals surface area contributed by atoms with Gasteiger partial charge in [-0.3, -0.25) is 0 Å². The zero-order valence-corrected chi connectivity index (χ0v) is 14.8. The van der Waals surface area contributed by atoms with Crippen LogP contribution in [0.2, 0.25) is 0 Å².